The van der Waals surface area contributed by atoms with Crippen molar-refractivity contribution in [3.63, 3.8) is 0 Å². The molecule has 3 N–H and O–H groups in total. The van der Waals surface area contributed by atoms with Gasteiger partial charge in [0, 0.05) is 25.9 Å². The molecule has 0 aliphatic rings. The Bertz CT molecular complexity index is 3580. The van der Waals surface area contributed by atoms with E-state index in [2.05, 4.69) is 65.6 Å². The number of oxazole rings is 4. The van der Waals surface area contributed by atoms with Crippen LogP contribution in [0.25, 0.3) is 45.9 Å². The van der Waals surface area contributed by atoms with Crippen LogP contribution in [0.3, 0.4) is 0 Å². The van der Waals surface area contributed by atoms with Gasteiger partial charge in [-0.15, -0.1) is 0 Å². The van der Waals surface area contributed by atoms with Crippen molar-refractivity contribution in [2.24, 2.45) is 0 Å². The fourth-order valence-corrected chi connectivity index (χ4v) is 13.9. The third-order valence-electron chi connectivity index (χ3n) is 13.5. The summed E-state index contributed by atoms with van der Waals surface area (Å²) < 4.78 is 42.4. The van der Waals surface area contributed by atoms with Gasteiger partial charge in [0.05, 0.1) is 31.7 Å². The van der Waals surface area contributed by atoms with Gasteiger partial charge in [-0.05, 0) is 73.4 Å². The maximum Gasteiger partial charge on any atom is 0.408 e. The first kappa shape index (κ1) is 58.7. The summed E-state index contributed by atoms with van der Waals surface area (Å²) in [5, 5.41) is 17.6. The molecule has 9 aromatic rings. The van der Waals surface area contributed by atoms with Crippen LogP contribution in [0.5, 0.6) is 0 Å². The van der Waals surface area contributed by atoms with E-state index in [0.29, 0.717) is 65.9 Å². The molecule has 430 valence electrons. The molecule has 2 atom stereocenters. The van der Waals surface area contributed by atoms with Gasteiger partial charge in [0.2, 0.25) is 23.6 Å². The van der Waals surface area contributed by atoms with Gasteiger partial charge in [0.1, 0.15) is 65.5 Å². The van der Waals surface area contributed by atoms with Gasteiger partial charge < -0.3 is 57.1 Å². The number of alkyl carbamates (subject to hydrolysis) is 1. The number of carbonyl (C=O) groups excluding carboxylic acids is 3. The van der Waals surface area contributed by atoms with Crippen LogP contribution in [0.15, 0.2) is 158 Å². The number of rotatable bonds is 24. The number of nitrogens with zero attached hydrogens (tertiary/aromatic N) is 8. The number of carbonyl (C=O) groups is 3. The molecule has 22 heteroatoms. The molecule has 0 spiro atoms. The molecular formula is C61H66N10O11Si. The van der Waals surface area contributed by atoms with Crippen LogP contribution in [-0.4, -0.2) is 133 Å². The summed E-state index contributed by atoms with van der Waals surface area (Å²) in [5.74, 6) is -0.225. The molecule has 9 rings (SSSR count). The number of methoxy groups -OCH3 is 1. The van der Waals surface area contributed by atoms with E-state index in [1.165, 1.54) is 19.6 Å². The number of hydrogen-bond acceptors (Lipinski definition) is 19. The monoisotopic (exact) mass is 1140 g/mol. The lowest BCUT2D eigenvalue weighted by molar-refractivity contribution is 0.0591. The average molecular weight is 1140 g/mol. The lowest BCUT2D eigenvalue weighted by atomic mass is 10.2. The van der Waals surface area contributed by atoms with Gasteiger partial charge >= 0.3 is 12.1 Å². The predicted molar refractivity (Wildman–Crippen MR) is 310 cm³/mol. The molecule has 3 aromatic carbocycles. The van der Waals surface area contributed by atoms with Crippen molar-refractivity contribution < 1.29 is 51.1 Å². The van der Waals surface area contributed by atoms with Gasteiger partial charge in [-0.2, -0.15) is 0 Å². The average Bonchev–Trinajstić information content (AvgIpc) is 2.62. The molecule has 6 heterocycles. The van der Waals surface area contributed by atoms with E-state index in [4.69, 9.17) is 51.5 Å². The summed E-state index contributed by atoms with van der Waals surface area (Å²) >= 11 is 0. The van der Waals surface area contributed by atoms with Crippen LogP contribution in [0.1, 0.15) is 82.7 Å². The highest BCUT2D eigenvalue weighted by Gasteiger charge is 2.51. The predicted octanol–water partition coefficient (Wildman–Crippen LogP) is 8.10. The Hall–Kier alpha value is -8.93. The Balaban J connectivity index is 1.04. The minimum absolute atomic E-state index is 0.00704. The SMILES string of the molecule is COC(=O)c1nc(-c2cccc(-c3coc(C(CO[Si](c4ccccc4)(c4ccccc4)C(C)(C)C)NC(=O)c4nc(-c5cccc(-c6coc(C(CO)NC(=O)OCc7ccccc7)n6)n5)oc4CCN(C)C)n3)n2)oc1CCN(C)C. The van der Waals surface area contributed by atoms with Crippen LogP contribution in [0.2, 0.25) is 5.04 Å². The fourth-order valence-electron chi connectivity index (χ4n) is 9.33. The van der Waals surface area contributed by atoms with Crippen LogP contribution < -0.4 is 21.0 Å². The molecule has 2 amide bonds. The molecule has 0 saturated heterocycles. The van der Waals surface area contributed by atoms with E-state index in [-0.39, 0.29) is 53.9 Å². The van der Waals surface area contributed by atoms with Crippen molar-refractivity contribution in [1.82, 2.24) is 50.3 Å². The Morgan fingerprint density at radius 2 is 1.07 bits per heavy atom. The van der Waals surface area contributed by atoms with E-state index in [1.807, 2.05) is 105 Å². The first-order valence-corrected chi connectivity index (χ1v) is 28.8. The molecular weight excluding hydrogens is 1080 g/mol. The molecule has 2 unspecified atom stereocenters. The molecule has 21 nitrogen and oxygen atoms in total. The van der Waals surface area contributed by atoms with Crippen LogP contribution in [0.4, 0.5) is 4.79 Å². The van der Waals surface area contributed by atoms with Gasteiger partial charge in [0.25, 0.3) is 14.2 Å². The molecule has 0 fully saturated rings. The number of ether oxygens (including phenoxy) is 2. The summed E-state index contributed by atoms with van der Waals surface area (Å²) in [6.07, 6.45) is 2.75. The van der Waals surface area contributed by atoms with Crippen LogP contribution >= 0.6 is 0 Å². The number of aliphatic hydroxyl groups excluding tert-OH is 1. The number of benzene rings is 3. The van der Waals surface area contributed by atoms with Crippen molar-refractivity contribution in [1.29, 1.82) is 0 Å². The van der Waals surface area contributed by atoms with Crippen molar-refractivity contribution in [3.05, 3.63) is 180 Å². The Labute approximate surface area is 481 Å². The van der Waals surface area contributed by atoms with E-state index in [0.717, 1.165) is 15.9 Å². The Morgan fingerprint density at radius 3 is 1.57 bits per heavy atom. The smallest absolute Gasteiger partial charge is 0.408 e. The summed E-state index contributed by atoms with van der Waals surface area (Å²) in [6.45, 7) is 7.02. The highest BCUT2D eigenvalue weighted by atomic mass is 28.4. The topological polar surface area (TPSA) is 260 Å². The number of likely N-dealkylation sites (N-methyl/N-ethyl adjacent to an activating group) is 2. The Kier molecular flexibility index (Phi) is 18.6. The number of esters is 1. The minimum Gasteiger partial charge on any atom is -0.464 e. The van der Waals surface area contributed by atoms with Crippen molar-refractivity contribution >= 4 is 36.7 Å². The van der Waals surface area contributed by atoms with E-state index >= 15 is 4.79 Å². The quantitative estimate of drug-likeness (QED) is 0.0381. The van der Waals surface area contributed by atoms with Gasteiger partial charge in [-0.1, -0.05) is 124 Å². The van der Waals surface area contributed by atoms with E-state index < -0.39 is 50.0 Å². The number of pyridine rings is 2. The second kappa shape index (κ2) is 26.3. The summed E-state index contributed by atoms with van der Waals surface area (Å²) in [4.78, 5) is 73.0. The van der Waals surface area contributed by atoms with Crippen LogP contribution in [0, 0.1) is 0 Å². The largest absolute Gasteiger partial charge is 0.464 e. The normalized spacial score (nSPS) is 12.6. The number of aliphatic hydroxyl groups is 1. The first-order chi connectivity index (χ1) is 40.0. The summed E-state index contributed by atoms with van der Waals surface area (Å²) in [7, 11) is 5.73. The molecule has 6 aromatic heterocycles. The zero-order chi connectivity index (χ0) is 58.7. The number of nitrogens with one attached hydrogen (secondary N) is 2. The number of hydrogen-bond donors (Lipinski definition) is 3. The molecule has 83 heavy (non-hydrogen) atoms. The van der Waals surface area contributed by atoms with Crippen LogP contribution in [-0.2, 0) is 33.3 Å². The highest BCUT2D eigenvalue weighted by Crippen LogP contribution is 2.38. The lowest BCUT2D eigenvalue weighted by Crippen LogP contribution is -2.67. The van der Waals surface area contributed by atoms with Crippen molar-refractivity contribution in [2.45, 2.75) is 57.3 Å². The molecule has 0 radical (unpaired) electrons. The second-order valence-corrected chi connectivity index (χ2v) is 25.4. The fraction of sp³-hybridized carbons (Fsp3) is 0.295. The summed E-state index contributed by atoms with van der Waals surface area (Å²) in [6, 6.07) is 37.8. The van der Waals surface area contributed by atoms with Crippen molar-refractivity contribution in [2.75, 3.05) is 61.6 Å². The molecule has 0 saturated carbocycles. The van der Waals surface area contributed by atoms with Gasteiger partial charge in [-0.25, -0.2) is 39.5 Å². The van der Waals surface area contributed by atoms with Gasteiger partial charge in [0.15, 0.2) is 11.4 Å². The zero-order valence-electron chi connectivity index (χ0n) is 47.5. The summed E-state index contributed by atoms with van der Waals surface area (Å²) in [5.41, 5.74) is 2.88. The van der Waals surface area contributed by atoms with E-state index in [9.17, 15) is 14.7 Å². The zero-order valence-corrected chi connectivity index (χ0v) is 48.5. The van der Waals surface area contributed by atoms with Crippen molar-refractivity contribution in [3.8, 4) is 45.9 Å². The lowest BCUT2D eigenvalue weighted by Gasteiger charge is -2.43. The second-order valence-electron chi connectivity index (χ2n) is 21.1. The standard InChI is InChI=1S/C61H66N10O11Si/c1-61(2,3)83(40-22-14-10-15-23-40,41-24-16-11-17-25-41)80-38-49(56-66-48(37-78-56)43-27-19-29-45(63-43)58-69-53(59(74)76-8)51(82-58)31-33-71(6)7)64-54(73)52-50(30-32-70(4)5)81-57(68-52)44-28-18-26-42(62-44)47-36-77-55(65-47)46(34-72)67-60(75)79-35-39-20-12-9-13-21-39/h9-29,36-37,46,49,72H,30-35,38H2,1-8H3,(H,64,73)(H,67,75). The van der Waals surface area contributed by atoms with Gasteiger partial charge in [-0.3, -0.25) is 4.79 Å². The third kappa shape index (κ3) is 13.9. The molecule has 0 aliphatic heterocycles. The van der Waals surface area contributed by atoms with E-state index in [1.54, 1.807) is 36.4 Å². The molecule has 0 bridgehead atoms. The Morgan fingerprint density at radius 1 is 0.590 bits per heavy atom. The number of aromatic nitrogens is 6. The maximum absolute atomic E-state index is 15.1. The minimum atomic E-state index is -3.23. The number of amides is 2. The third-order valence-corrected chi connectivity index (χ3v) is 18.5. The maximum atomic E-state index is 15.1. The highest BCUT2D eigenvalue weighted by molar-refractivity contribution is 6.99. The first-order valence-electron chi connectivity index (χ1n) is 26.9. The molecule has 0 aliphatic carbocycles.